The van der Waals surface area contributed by atoms with Gasteiger partial charge in [-0.15, -0.1) is 0 Å². The van der Waals surface area contributed by atoms with Crippen molar-refractivity contribution in [2.75, 3.05) is 18.5 Å². The number of amides is 1. The number of oxime groups is 1. The Bertz CT molecular complexity index is 1440. The van der Waals surface area contributed by atoms with E-state index in [2.05, 4.69) is 30.5 Å². The molecule has 2 aliphatic heterocycles. The van der Waals surface area contributed by atoms with Crippen LogP contribution >= 0.6 is 0 Å². The minimum atomic E-state index is -4.80. The largest absolute Gasteiger partial charge is 0.465 e. The third-order valence-electron chi connectivity index (χ3n) is 7.13. The van der Waals surface area contributed by atoms with Crippen molar-refractivity contribution in [2.45, 2.75) is 63.5 Å². The molecule has 5 rings (SSSR count). The molecule has 13 nitrogen and oxygen atoms in total. The Morgan fingerprint density at radius 3 is 2.67 bits per heavy atom. The van der Waals surface area contributed by atoms with Crippen molar-refractivity contribution in [1.29, 1.82) is 0 Å². The van der Waals surface area contributed by atoms with Gasteiger partial charge in [-0.05, 0) is 51.2 Å². The normalized spacial score (nSPS) is 22.4. The fourth-order valence-electron chi connectivity index (χ4n) is 5.02. The first-order chi connectivity index (χ1) is 19.1. The number of hydrogen-bond acceptors (Lipinski definition) is 9. The van der Waals surface area contributed by atoms with Gasteiger partial charge < -0.3 is 31.0 Å². The molecule has 2 fully saturated rings. The van der Waals surface area contributed by atoms with Crippen LogP contribution in [0.2, 0.25) is 0 Å². The molecule has 0 aliphatic carbocycles. The number of aromatic nitrogens is 5. The van der Waals surface area contributed by atoms with Gasteiger partial charge in [0.05, 0.1) is 0 Å². The van der Waals surface area contributed by atoms with Gasteiger partial charge in [0.25, 0.3) is 0 Å². The molecule has 40 heavy (non-hydrogen) atoms. The van der Waals surface area contributed by atoms with Gasteiger partial charge in [-0.1, -0.05) is 5.16 Å². The molecular weight excluding hydrogens is 535 g/mol. The van der Waals surface area contributed by atoms with E-state index in [9.17, 15) is 23.1 Å². The molecule has 2 aliphatic rings. The van der Waals surface area contributed by atoms with Gasteiger partial charge in [0.2, 0.25) is 5.95 Å². The van der Waals surface area contributed by atoms with Gasteiger partial charge in [0.15, 0.2) is 17.7 Å². The summed E-state index contributed by atoms with van der Waals surface area (Å²) in [6.07, 6.45) is -2.39. The predicted molar refractivity (Wildman–Crippen MR) is 136 cm³/mol. The Balaban J connectivity index is 1.61. The van der Waals surface area contributed by atoms with Crippen LogP contribution in [0.5, 0.6) is 0 Å². The highest BCUT2D eigenvalue weighted by atomic mass is 19.4. The average Bonchev–Trinajstić information content (AvgIpc) is 3.32. The number of carbonyl (C=O) groups is 1. The molecule has 2 saturated heterocycles. The van der Waals surface area contributed by atoms with Crippen molar-refractivity contribution in [3.63, 3.8) is 0 Å². The van der Waals surface area contributed by atoms with Gasteiger partial charge in [0, 0.05) is 36.8 Å². The van der Waals surface area contributed by atoms with Gasteiger partial charge in [-0.3, -0.25) is 0 Å². The number of nitrogens with one attached hydrogen (secondary N) is 1. The Morgan fingerprint density at radius 2 is 2.00 bits per heavy atom. The monoisotopic (exact) mass is 563 g/mol. The zero-order valence-corrected chi connectivity index (χ0v) is 21.5. The summed E-state index contributed by atoms with van der Waals surface area (Å²) < 4.78 is 49.8. The number of alkyl halides is 3. The van der Waals surface area contributed by atoms with Crippen molar-refractivity contribution < 1.29 is 33.0 Å². The summed E-state index contributed by atoms with van der Waals surface area (Å²) in [6, 6.07) is 2.32. The van der Waals surface area contributed by atoms with E-state index in [1.807, 2.05) is 0 Å². The molecule has 3 aromatic heterocycles. The molecule has 0 spiro atoms. The number of ether oxygens (including phenoxy) is 1. The first kappa shape index (κ1) is 27.4. The third-order valence-corrected chi connectivity index (χ3v) is 7.13. The molecule has 1 amide bonds. The van der Waals surface area contributed by atoms with Gasteiger partial charge >= 0.3 is 12.3 Å². The standard InChI is InChI=1S/C24H28F3N9O4/c1-12-5-6-13(11-35(12)23(37)38)30-22-29-10-15(24(25,26)27)19(32-22)18-14-7-8-16(20(28)34-39)31-21(14)36(33-18)17-4-2-3-9-40-17/h7-8,10,12-13,17,39H,2-6,9,11H2,1H3,(H2,28,34)(H,37,38)(H,29,30,32)/t12-,13-,17?/m0/s1. The number of amidine groups is 1. The number of halogens is 3. The van der Waals surface area contributed by atoms with Gasteiger partial charge in [-0.2, -0.15) is 18.3 Å². The third kappa shape index (κ3) is 5.30. The number of hydrogen-bond donors (Lipinski definition) is 4. The molecule has 0 radical (unpaired) electrons. The van der Waals surface area contributed by atoms with Crippen molar-refractivity contribution in [1.82, 2.24) is 29.6 Å². The Labute approximate surface area is 225 Å². The number of pyridine rings is 1. The zero-order chi connectivity index (χ0) is 28.6. The molecule has 214 valence electrons. The van der Waals surface area contributed by atoms with E-state index in [-0.39, 0.29) is 46.8 Å². The number of carboxylic acid groups (broad SMARTS) is 1. The highest BCUT2D eigenvalue weighted by Crippen LogP contribution is 2.39. The highest BCUT2D eigenvalue weighted by molar-refractivity contribution is 5.99. The van der Waals surface area contributed by atoms with Crippen molar-refractivity contribution in [3.8, 4) is 11.4 Å². The zero-order valence-electron chi connectivity index (χ0n) is 21.5. The maximum Gasteiger partial charge on any atom is 0.420 e. The SMILES string of the molecule is C[C@H]1CC[C@H](Nc2ncc(C(F)(F)F)c(-c3nn(C4CCCCO4)c4nc(/C(N)=N/O)ccc34)n2)CN1C(=O)O. The molecule has 1 unspecified atom stereocenters. The first-order valence-corrected chi connectivity index (χ1v) is 12.8. The summed E-state index contributed by atoms with van der Waals surface area (Å²) in [7, 11) is 0. The van der Waals surface area contributed by atoms with Crippen LogP contribution in [0.25, 0.3) is 22.4 Å². The molecular formula is C24H28F3N9O4. The number of likely N-dealkylation sites (tertiary alicyclic amines) is 1. The van der Waals surface area contributed by atoms with Crippen LogP contribution in [-0.2, 0) is 10.9 Å². The fraction of sp³-hybridized carbons (Fsp3) is 0.500. The topological polar surface area (TPSA) is 177 Å². The van der Waals surface area contributed by atoms with Crippen LogP contribution in [0.3, 0.4) is 0 Å². The highest BCUT2D eigenvalue weighted by Gasteiger charge is 2.38. The lowest BCUT2D eigenvalue weighted by molar-refractivity contribution is -0.137. The second-order valence-corrected chi connectivity index (χ2v) is 9.82. The molecule has 5 N–H and O–H groups in total. The van der Waals surface area contributed by atoms with E-state index in [0.29, 0.717) is 32.1 Å². The summed E-state index contributed by atoms with van der Waals surface area (Å²) in [5, 5.41) is 29.3. The lowest BCUT2D eigenvalue weighted by Gasteiger charge is -2.36. The number of anilines is 1. The number of rotatable bonds is 5. The van der Waals surface area contributed by atoms with Crippen LogP contribution in [0.1, 0.15) is 56.5 Å². The molecule has 0 bridgehead atoms. The maximum atomic E-state index is 14.2. The molecule has 5 heterocycles. The summed E-state index contributed by atoms with van der Waals surface area (Å²) in [5.74, 6) is -0.367. The average molecular weight is 564 g/mol. The molecule has 3 aromatic rings. The minimum Gasteiger partial charge on any atom is -0.465 e. The van der Waals surface area contributed by atoms with E-state index in [0.717, 1.165) is 12.8 Å². The Morgan fingerprint density at radius 1 is 1.20 bits per heavy atom. The van der Waals surface area contributed by atoms with Crippen molar-refractivity contribution >= 4 is 28.9 Å². The molecule has 0 aromatic carbocycles. The second-order valence-electron chi connectivity index (χ2n) is 9.82. The van der Waals surface area contributed by atoms with E-state index in [4.69, 9.17) is 15.7 Å². The van der Waals surface area contributed by atoms with Crippen LogP contribution < -0.4 is 11.1 Å². The molecule has 0 saturated carbocycles. The van der Waals surface area contributed by atoms with Crippen LogP contribution in [-0.4, -0.2) is 77.1 Å². The maximum absolute atomic E-state index is 14.2. The van der Waals surface area contributed by atoms with Crippen LogP contribution in [0.15, 0.2) is 23.5 Å². The Hall–Kier alpha value is -4.21. The van der Waals surface area contributed by atoms with Gasteiger partial charge in [-0.25, -0.2) is 24.4 Å². The number of nitrogens with two attached hydrogens (primary N) is 1. The Kier molecular flexibility index (Phi) is 7.35. The first-order valence-electron chi connectivity index (χ1n) is 12.8. The molecule has 16 heteroatoms. The summed E-state index contributed by atoms with van der Waals surface area (Å²) in [6.45, 7) is 2.38. The second kappa shape index (κ2) is 10.7. The lowest BCUT2D eigenvalue weighted by atomic mass is 10.00. The summed E-state index contributed by atoms with van der Waals surface area (Å²) in [5.41, 5.74) is 4.35. The van der Waals surface area contributed by atoms with Crippen LogP contribution in [0.4, 0.5) is 23.9 Å². The van der Waals surface area contributed by atoms with E-state index in [1.165, 1.54) is 21.7 Å². The lowest BCUT2D eigenvalue weighted by Crippen LogP contribution is -2.49. The van der Waals surface area contributed by atoms with E-state index < -0.39 is 35.8 Å². The smallest absolute Gasteiger partial charge is 0.420 e. The number of nitrogens with zero attached hydrogens (tertiary/aromatic N) is 7. The van der Waals surface area contributed by atoms with E-state index >= 15 is 0 Å². The van der Waals surface area contributed by atoms with E-state index in [1.54, 1.807) is 6.92 Å². The summed E-state index contributed by atoms with van der Waals surface area (Å²) in [4.78, 5) is 25.4. The van der Waals surface area contributed by atoms with Crippen molar-refractivity contribution in [2.24, 2.45) is 10.9 Å². The molecule has 3 atom stereocenters. The van der Waals surface area contributed by atoms with Crippen LogP contribution in [0, 0.1) is 0 Å². The number of piperidine rings is 1. The number of fused-ring (bicyclic) bond motifs is 1. The predicted octanol–water partition coefficient (Wildman–Crippen LogP) is 3.64. The van der Waals surface area contributed by atoms with Crippen molar-refractivity contribution in [3.05, 3.63) is 29.6 Å². The van der Waals surface area contributed by atoms with Gasteiger partial charge in [0.1, 0.15) is 22.6 Å². The fourth-order valence-corrected chi connectivity index (χ4v) is 5.02. The quantitative estimate of drug-likeness (QED) is 0.155. The minimum absolute atomic E-state index is 0.0919. The summed E-state index contributed by atoms with van der Waals surface area (Å²) >= 11 is 0.